The Kier molecular flexibility index (Phi) is 7.85. The van der Waals surface area contributed by atoms with Crippen LogP contribution in [0.1, 0.15) is 24.9 Å². The zero-order valence-corrected chi connectivity index (χ0v) is 18.3. The van der Waals surface area contributed by atoms with Gasteiger partial charge in [0.05, 0.1) is 25.2 Å². The van der Waals surface area contributed by atoms with Crippen molar-refractivity contribution in [3.05, 3.63) is 52.5 Å². The van der Waals surface area contributed by atoms with Crippen LogP contribution in [0.3, 0.4) is 0 Å². The Morgan fingerprint density at radius 2 is 1.89 bits per heavy atom. The second kappa shape index (κ2) is 9.90. The van der Waals surface area contributed by atoms with E-state index in [0.717, 1.165) is 5.56 Å². The minimum atomic E-state index is -3.68. The number of ether oxygens (including phenoxy) is 2. The van der Waals surface area contributed by atoms with Crippen LogP contribution in [0.5, 0.6) is 11.5 Å². The second-order valence-corrected chi connectivity index (χ2v) is 8.68. The molecule has 1 amide bonds. The van der Waals surface area contributed by atoms with Crippen molar-refractivity contribution in [2.75, 3.05) is 20.8 Å². The molecule has 0 aliphatic heterocycles. The number of hydrogen-bond donors (Lipinski definition) is 2. The third kappa shape index (κ3) is 5.95. The number of methoxy groups -OCH3 is 2. The summed E-state index contributed by atoms with van der Waals surface area (Å²) in [6.07, 6.45) is 0.00383. The van der Waals surface area contributed by atoms with Crippen molar-refractivity contribution in [2.45, 2.75) is 24.3 Å². The third-order valence-corrected chi connectivity index (χ3v) is 5.98. The predicted octanol–water partition coefficient (Wildman–Crippen LogP) is 3.01. The molecule has 0 aromatic heterocycles. The highest BCUT2D eigenvalue weighted by atomic mass is 79.9. The zero-order chi connectivity index (χ0) is 20.7. The highest BCUT2D eigenvalue weighted by Crippen LogP contribution is 2.29. The van der Waals surface area contributed by atoms with Crippen LogP contribution < -0.4 is 19.5 Å². The van der Waals surface area contributed by atoms with E-state index in [0.29, 0.717) is 16.0 Å². The molecule has 1 atom stereocenters. The highest BCUT2D eigenvalue weighted by molar-refractivity contribution is 9.10. The number of nitrogens with one attached hydrogen (secondary N) is 2. The minimum Gasteiger partial charge on any atom is -0.497 e. The van der Waals surface area contributed by atoms with E-state index >= 15 is 0 Å². The molecule has 0 fully saturated rings. The van der Waals surface area contributed by atoms with Crippen molar-refractivity contribution in [3.8, 4) is 11.5 Å². The SMILES string of the molecule is COc1ccc(OC)c(C(C)NC(=O)CCNS(=O)(=O)c2cccc(Br)c2)c1. The van der Waals surface area contributed by atoms with E-state index in [4.69, 9.17) is 9.47 Å². The van der Waals surface area contributed by atoms with Crippen molar-refractivity contribution in [2.24, 2.45) is 0 Å². The van der Waals surface area contributed by atoms with Crippen LogP contribution in [0.15, 0.2) is 51.8 Å². The Morgan fingerprint density at radius 3 is 2.54 bits per heavy atom. The number of rotatable bonds is 9. The fourth-order valence-electron chi connectivity index (χ4n) is 2.59. The minimum absolute atomic E-state index is 0.00383. The smallest absolute Gasteiger partial charge is 0.240 e. The Hall–Kier alpha value is -2.10. The summed E-state index contributed by atoms with van der Waals surface area (Å²) in [6.45, 7) is 1.81. The second-order valence-electron chi connectivity index (χ2n) is 6.00. The van der Waals surface area contributed by atoms with Gasteiger partial charge in [-0.05, 0) is 43.3 Å². The van der Waals surface area contributed by atoms with Crippen LogP contribution in [0.2, 0.25) is 0 Å². The first kappa shape index (κ1) is 22.2. The molecule has 2 rings (SSSR count). The molecule has 0 heterocycles. The molecule has 0 saturated carbocycles. The van der Waals surface area contributed by atoms with Gasteiger partial charge in [-0.15, -0.1) is 0 Å². The van der Waals surface area contributed by atoms with E-state index in [1.807, 2.05) is 6.92 Å². The molecule has 28 heavy (non-hydrogen) atoms. The van der Waals surface area contributed by atoms with E-state index < -0.39 is 10.0 Å². The lowest BCUT2D eigenvalue weighted by Gasteiger charge is -2.18. The van der Waals surface area contributed by atoms with Crippen LogP contribution in [0.25, 0.3) is 0 Å². The van der Waals surface area contributed by atoms with Gasteiger partial charge in [0.25, 0.3) is 0 Å². The summed E-state index contributed by atoms with van der Waals surface area (Å²) in [5.74, 6) is 0.997. The van der Waals surface area contributed by atoms with E-state index in [9.17, 15) is 13.2 Å². The van der Waals surface area contributed by atoms with Gasteiger partial charge in [-0.1, -0.05) is 22.0 Å². The monoisotopic (exact) mass is 470 g/mol. The molecule has 7 nitrogen and oxygen atoms in total. The van der Waals surface area contributed by atoms with Crippen molar-refractivity contribution in [1.29, 1.82) is 0 Å². The van der Waals surface area contributed by atoms with Crippen LogP contribution in [0, 0.1) is 0 Å². The van der Waals surface area contributed by atoms with Gasteiger partial charge in [0, 0.05) is 23.0 Å². The van der Waals surface area contributed by atoms with Crippen molar-refractivity contribution >= 4 is 31.9 Å². The van der Waals surface area contributed by atoms with Crippen LogP contribution in [-0.2, 0) is 14.8 Å². The Morgan fingerprint density at radius 1 is 1.14 bits per heavy atom. The average Bonchev–Trinajstić information content (AvgIpc) is 2.67. The van der Waals surface area contributed by atoms with Gasteiger partial charge in [0.1, 0.15) is 11.5 Å². The summed E-state index contributed by atoms with van der Waals surface area (Å²) in [7, 11) is -0.561. The van der Waals surface area contributed by atoms with Gasteiger partial charge in [0.15, 0.2) is 0 Å². The molecule has 2 N–H and O–H groups in total. The summed E-state index contributed by atoms with van der Waals surface area (Å²) in [5.41, 5.74) is 0.768. The Balaban J connectivity index is 1.94. The summed E-state index contributed by atoms with van der Waals surface area (Å²) < 4.78 is 38.2. The fourth-order valence-corrected chi connectivity index (χ4v) is 4.21. The molecule has 1 unspecified atom stereocenters. The molecular weight excluding hydrogens is 448 g/mol. The van der Waals surface area contributed by atoms with Gasteiger partial charge in [0.2, 0.25) is 15.9 Å². The molecule has 2 aromatic carbocycles. The molecule has 2 aromatic rings. The van der Waals surface area contributed by atoms with Crippen LogP contribution in [0.4, 0.5) is 0 Å². The molecule has 0 bridgehead atoms. The number of amides is 1. The standard InChI is InChI=1S/C19H23BrN2O5S/c1-13(17-12-15(26-2)7-8-18(17)27-3)22-19(23)9-10-21-28(24,25)16-6-4-5-14(20)11-16/h4-8,11-13,21H,9-10H2,1-3H3,(H,22,23). The number of halogens is 1. The molecular formula is C19H23BrN2O5S. The molecule has 0 aliphatic carbocycles. The maximum absolute atomic E-state index is 12.3. The summed E-state index contributed by atoms with van der Waals surface area (Å²) in [4.78, 5) is 12.4. The number of carbonyl (C=O) groups is 1. The Bertz CT molecular complexity index is 934. The molecule has 9 heteroatoms. The van der Waals surface area contributed by atoms with Crippen molar-refractivity contribution in [1.82, 2.24) is 10.0 Å². The van der Waals surface area contributed by atoms with E-state index in [1.54, 1.807) is 44.6 Å². The number of benzene rings is 2. The molecule has 0 saturated heterocycles. The first-order chi connectivity index (χ1) is 13.3. The molecule has 0 spiro atoms. The largest absolute Gasteiger partial charge is 0.497 e. The van der Waals surface area contributed by atoms with Crippen LogP contribution >= 0.6 is 15.9 Å². The fraction of sp³-hybridized carbons (Fsp3) is 0.316. The predicted molar refractivity (Wildman–Crippen MR) is 110 cm³/mol. The highest BCUT2D eigenvalue weighted by Gasteiger charge is 2.17. The normalized spacial score (nSPS) is 12.3. The molecule has 0 radical (unpaired) electrons. The molecule has 152 valence electrons. The maximum atomic E-state index is 12.3. The van der Waals surface area contributed by atoms with Gasteiger partial charge >= 0.3 is 0 Å². The lowest BCUT2D eigenvalue weighted by Crippen LogP contribution is -2.32. The average molecular weight is 471 g/mol. The van der Waals surface area contributed by atoms with Gasteiger partial charge in [-0.3, -0.25) is 4.79 Å². The lowest BCUT2D eigenvalue weighted by atomic mass is 10.1. The summed E-state index contributed by atoms with van der Waals surface area (Å²) in [5, 5.41) is 2.84. The van der Waals surface area contributed by atoms with Crippen molar-refractivity contribution in [3.63, 3.8) is 0 Å². The summed E-state index contributed by atoms with van der Waals surface area (Å²) >= 11 is 3.24. The van der Waals surface area contributed by atoms with Gasteiger partial charge < -0.3 is 14.8 Å². The topological polar surface area (TPSA) is 93.7 Å². The van der Waals surface area contributed by atoms with Gasteiger partial charge in [-0.25, -0.2) is 13.1 Å². The van der Waals surface area contributed by atoms with Crippen molar-refractivity contribution < 1.29 is 22.7 Å². The van der Waals surface area contributed by atoms with E-state index in [2.05, 4.69) is 26.0 Å². The third-order valence-electron chi connectivity index (χ3n) is 4.03. The Labute approximate surface area is 173 Å². The van der Waals surface area contributed by atoms with E-state index in [1.165, 1.54) is 12.1 Å². The number of hydrogen-bond acceptors (Lipinski definition) is 5. The lowest BCUT2D eigenvalue weighted by molar-refractivity contribution is -0.121. The van der Waals surface area contributed by atoms with E-state index in [-0.39, 0.29) is 29.8 Å². The van der Waals surface area contributed by atoms with Crippen LogP contribution in [-0.4, -0.2) is 35.1 Å². The molecule has 0 aliphatic rings. The maximum Gasteiger partial charge on any atom is 0.240 e. The summed E-state index contributed by atoms with van der Waals surface area (Å²) in [6, 6.07) is 11.4. The number of sulfonamides is 1. The number of carbonyl (C=O) groups excluding carboxylic acids is 1. The van der Waals surface area contributed by atoms with Gasteiger partial charge in [-0.2, -0.15) is 0 Å². The first-order valence-corrected chi connectivity index (χ1v) is 10.8. The quantitative estimate of drug-likeness (QED) is 0.587. The zero-order valence-electron chi connectivity index (χ0n) is 15.9. The first-order valence-electron chi connectivity index (χ1n) is 8.53.